The van der Waals surface area contributed by atoms with Crippen LogP contribution >= 0.6 is 0 Å². The van der Waals surface area contributed by atoms with E-state index in [2.05, 4.69) is 9.80 Å². The molecule has 4 aliphatic heterocycles. The van der Waals surface area contributed by atoms with Gasteiger partial charge in [-0.1, -0.05) is 0 Å². The zero-order valence-corrected chi connectivity index (χ0v) is 18.9. The molecule has 1 aromatic carbocycles. The first kappa shape index (κ1) is 20.7. The molecule has 4 atom stereocenters. The van der Waals surface area contributed by atoms with Gasteiger partial charge in [0.25, 0.3) is 0 Å². The zero-order valence-electron chi connectivity index (χ0n) is 18.9. The van der Waals surface area contributed by atoms with Crippen LogP contribution in [-0.4, -0.2) is 68.8 Å². The number of ether oxygens (including phenoxy) is 3. The van der Waals surface area contributed by atoms with Crippen molar-refractivity contribution in [2.24, 2.45) is 11.8 Å². The molecule has 0 N–H and O–H groups in total. The average molecular weight is 427 g/mol. The van der Waals surface area contributed by atoms with Crippen molar-refractivity contribution in [3.63, 3.8) is 0 Å². The Bertz CT molecular complexity index is 855. The van der Waals surface area contributed by atoms with Gasteiger partial charge in [0.1, 0.15) is 0 Å². The minimum atomic E-state index is 0.228. The molecule has 0 aromatic heterocycles. The largest absolute Gasteiger partial charge is 0.493 e. The van der Waals surface area contributed by atoms with Crippen LogP contribution in [0.15, 0.2) is 17.7 Å². The van der Waals surface area contributed by atoms with E-state index in [1.54, 1.807) is 21.3 Å². The van der Waals surface area contributed by atoms with Crippen molar-refractivity contribution in [2.75, 3.05) is 41.0 Å². The SMILES string of the molecule is COc1cc(/C=C2\CCC3C4CCCN5CCCC(CN3C2=O)C45)cc(OC)c1OC. The van der Waals surface area contributed by atoms with E-state index in [0.29, 0.717) is 41.2 Å². The maximum Gasteiger partial charge on any atom is 0.250 e. The number of carbonyl (C=O) groups is 1. The predicted octanol–water partition coefficient (Wildman–Crippen LogP) is 3.59. The van der Waals surface area contributed by atoms with Crippen LogP contribution in [0, 0.1) is 11.8 Å². The lowest BCUT2D eigenvalue weighted by Gasteiger charge is -2.58. The summed E-state index contributed by atoms with van der Waals surface area (Å²) in [6.45, 7) is 3.43. The molecule has 0 saturated carbocycles. The maximum absolute atomic E-state index is 13.6. The highest BCUT2D eigenvalue weighted by Crippen LogP contribution is 2.46. The van der Waals surface area contributed by atoms with Crippen LogP contribution in [0.3, 0.4) is 0 Å². The van der Waals surface area contributed by atoms with Gasteiger partial charge in [0.2, 0.25) is 11.7 Å². The molecule has 0 radical (unpaired) electrons. The Labute approximate surface area is 185 Å². The Morgan fingerprint density at radius 2 is 1.68 bits per heavy atom. The fraction of sp³-hybridized carbons (Fsp3) is 0.640. The van der Waals surface area contributed by atoms with Crippen LogP contribution < -0.4 is 14.2 Å². The lowest BCUT2D eigenvalue weighted by molar-refractivity contribution is -0.145. The summed E-state index contributed by atoms with van der Waals surface area (Å²) in [5, 5.41) is 0. The fourth-order valence-corrected chi connectivity index (χ4v) is 6.71. The molecule has 5 rings (SSSR count). The minimum absolute atomic E-state index is 0.228. The summed E-state index contributed by atoms with van der Waals surface area (Å²) in [5.41, 5.74) is 1.81. The van der Waals surface area contributed by atoms with Gasteiger partial charge in [-0.05, 0) is 87.2 Å². The molecule has 0 bridgehead atoms. The van der Waals surface area contributed by atoms with Crippen molar-refractivity contribution < 1.29 is 19.0 Å². The molecule has 4 aliphatic rings. The zero-order chi connectivity index (χ0) is 21.5. The van der Waals surface area contributed by atoms with Gasteiger partial charge in [-0.3, -0.25) is 9.69 Å². The highest BCUT2D eigenvalue weighted by Gasteiger charge is 2.51. The number of carbonyl (C=O) groups excluding carboxylic acids is 1. The Morgan fingerprint density at radius 1 is 0.968 bits per heavy atom. The monoisotopic (exact) mass is 426 g/mol. The number of nitrogens with zero attached hydrogens (tertiary/aromatic N) is 2. The second-order valence-electron chi connectivity index (χ2n) is 9.43. The van der Waals surface area contributed by atoms with E-state index in [4.69, 9.17) is 14.2 Å². The predicted molar refractivity (Wildman–Crippen MR) is 120 cm³/mol. The van der Waals surface area contributed by atoms with Gasteiger partial charge < -0.3 is 19.1 Å². The van der Waals surface area contributed by atoms with Crippen molar-refractivity contribution in [3.05, 3.63) is 23.3 Å². The number of piperidine rings is 4. The Hall–Kier alpha value is -2.21. The summed E-state index contributed by atoms with van der Waals surface area (Å²) in [6, 6.07) is 4.95. The molecule has 6 heteroatoms. The molecule has 4 saturated heterocycles. The number of amides is 1. The molecular formula is C25H34N2O4. The minimum Gasteiger partial charge on any atom is -0.493 e. The molecule has 1 aromatic rings. The lowest BCUT2D eigenvalue weighted by atomic mass is 9.67. The smallest absolute Gasteiger partial charge is 0.250 e. The van der Waals surface area contributed by atoms with Crippen LogP contribution in [0.2, 0.25) is 0 Å². The van der Waals surface area contributed by atoms with Gasteiger partial charge in [0.05, 0.1) is 21.3 Å². The fourth-order valence-electron chi connectivity index (χ4n) is 6.71. The molecule has 1 amide bonds. The summed E-state index contributed by atoms with van der Waals surface area (Å²) in [7, 11) is 4.84. The average Bonchev–Trinajstić information content (AvgIpc) is 2.81. The first-order valence-corrected chi connectivity index (χ1v) is 11.7. The second-order valence-corrected chi connectivity index (χ2v) is 9.43. The molecule has 4 heterocycles. The molecule has 0 aliphatic carbocycles. The van der Waals surface area contributed by atoms with Crippen LogP contribution in [0.4, 0.5) is 0 Å². The third-order valence-electron chi connectivity index (χ3n) is 7.95. The van der Waals surface area contributed by atoms with E-state index in [-0.39, 0.29) is 5.91 Å². The standard InChI is InChI=1S/C25H34N2O4/c1-29-21-13-16(14-22(30-2)24(21)31-3)12-17-8-9-20-19-7-5-11-26-10-4-6-18(23(19)26)15-27(20)25(17)28/h12-14,18-20,23H,4-11,15H2,1-3H3/b17-12+. The number of hydrogen-bond donors (Lipinski definition) is 0. The first-order chi connectivity index (χ1) is 15.1. The second kappa shape index (κ2) is 8.38. The van der Waals surface area contributed by atoms with E-state index >= 15 is 0 Å². The van der Waals surface area contributed by atoms with Crippen molar-refractivity contribution in [3.8, 4) is 17.2 Å². The number of hydrogen-bond acceptors (Lipinski definition) is 5. The van der Waals surface area contributed by atoms with Crippen molar-refractivity contribution in [1.29, 1.82) is 0 Å². The number of fused-ring (bicyclic) bond motifs is 2. The summed E-state index contributed by atoms with van der Waals surface area (Å²) >= 11 is 0. The van der Waals surface area contributed by atoms with E-state index in [1.165, 1.54) is 38.8 Å². The molecule has 4 unspecified atom stereocenters. The third-order valence-corrected chi connectivity index (χ3v) is 7.95. The molecule has 4 fully saturated rings. The van der Waals surface area contributed by atoms with Gasteiger partial charge in [0, 0.05) is 24.2 Å². The Kier molecular flexibility index (Phi) is 5.59. The molecule has 6 nitrogen and oxygen atoms in total. The first-order valence-electron chi connectivity index (χ1n) is 11.7. The Balaban J connectivity index is 1.43. The summed E-state index contributed by atoms with van der Waals surface area (Å²) in [4.78, 5) is 18.6. The Morgan fingerprint density at radius 3 is 2.35 bits per heavy atom. The quantitative estimate of drug-likeness (QED) is 0.689. The number of benzene rings is 1. The van der Waals surface area contributed by atoms with Gasteiger partial charge in [0.15, 0.2) is 11.5 Å². The van der Waals surface area contributed by atoms with Crippen molar-refractivity contribution >= 4 is 12.0 Å². The van der Waals surface area contributed by atoms with Gasteiger partial charge >= 0.3 is 0 Å². The van der Waals surface area contributed by atoms with E-state index in [0.717, 1.165) is 30.5 Å². The van der Waals surface area contributed by atoms with Gasteiger partial charge in [-0.25, -0.2) is 0 Å². The number of methoxy groups -OCH3 is 3. The van der Waals surface area contributed by atoms with Crippen LogP contribution in [0.1, 0.15) is 44.1 Å². The summed E-state index contributed by atoms with van der Waals surface area (Å²) in [6.07, 6.45) is 9.02. The molecule has 168 valence electrons. The van der Waals surface area contributed by atoms with E-state index in [1.807, 2.05) is 18.2 Å². The molecule has 0 spiro atoms. The van der Waals surface area contributed by atoms with Crippen molar-refractivity contribution in [2.45, 2.75) is 50.6 Å². The van der Waals surface area contributed by atoms with Crippen LogP contribution in [0.25, 0.3) is 6.08 Å². The number of rotatable bonds is 4. The van der Waals surface area contributed by atoms with Gasteiger partial charge in [-0.2, -0.15) is 0 Å². The topological polar surface area (TPSA) is 51.2 Å². The van der Waals surface area contributed by atoms with Crippen LogP contribution in [-0.2, 0) is 4.79 Å². The normalized spacial score (nSPS) is 31.8. The lowest BCUT2D eigenvalue weighted by Crippen LogP contribution is -2.66. The highest BCUT2D eigenvalue weighted by atomic mass is 16.5. The van der Waals surface area contributed by atoms with Gasteiger partial charge in [-0.15, -0.1) is 0 Å². The van der Waals surface area contributed by atoms with Crippen molar-refractivity contribution in [1.82, 2.24) is 9.80 Å². The third kappa shape index (κ3) is 3.49. The molecular weight excluding hydrogens is 392 g/mol. The summed E-state index contributed by atoms with van der Waals surface area (Å²) < 4.78 is 16.4. The molecule has 31 heavy (non-hydrogen) atoms. The van der Waals surface area contributed by atoms with E-state index in [9.17, 15) is 4.79 Å². The highest BCUT2D eigenvalue weighted by molar-refractivity contribution is 5.99. The van der Waals surface area contributed by atoms with Crippen LogP contribution in [0.5, 0.6) is 17.2 Å². The maximum atomic E-state index is 13.6. The summed E-state index contributed by atoms with van der Waals surface area (Å²) in [5.74, 6) is 3.31. The van der Waals surface area contributed by atoms with E-state index < -0.39 is 0 Å².